The van der Waals surface area contributed by atoms with Crippen molar-refractivity contribution in [3.05, 3.63) is 0 Å². The summed E-state index contributed by atoms with van der Waals surface area (Å²) in [7, 11) is 0. The van der Waals surface area contributed by atoms with Crippen LogP contribution >= 0.6 is 0 Å². The highest BCUT2D eigenvalue weighted by Gasteiger charge is 2.25. The molecule has 0 saturated heterocycles. The van der Waals surface area contributed by atoms with Gasteiger partial charge in [0.05, 0.1) is 5.41 Å². The molecule has 0 unspecified atom stereocenters. The van der Waals surface area contributed by atoms with Gasteiger partial charge < -0.3 is 9.84 Å². The molecular formula is C9H18O3. The van der Waals surface area contributed by atoms with Crippen LogP contribution in [0, 0.1) is 5.41 Å². The van der Waals surface area contributed by atoms with E-state index in [2.05, 4.69) is 0 Å². The zero-order valence-electron chi connectivity index (χ0n) is 8.09. The number of rotatable bonds is 6. The fourth-order valence-electron chi connectivity index (χ4n) is 0.867. The van der Waals surface area contributed by atoms with Crippen molar-refractivity contribution in [2.75, 3.05) is 13.2 Å². The van der Waals surface area contributed by atoms with Crippen LogP contribution in [0.4, 0.5) is 0 Å². The summed E-state index contributed by atoms with van der Waals surface area (Å²) in [5.41, 5.74) is -0.614. The van der Waals surface area contributed by atoms with Crippen LogP contribution in [-0.2, 0) is 9.53 Å². The van der Waals surface area contributed by atoms with Gasteiger partial charge in [-0.05, 0) is 33.6 Å². The summed E-state index contributed by atoms with van der Waals surface area (Å²) in [5.74, 6) is -0.737. The van der Waals surface area contributed by atoms with E-state index in [4.69, 9.17) is 9.84 Å². The minimum atomic E-state index is -0.737. The first-order chi connectivity index (χ1) is 5.50. The number of carboxylic acids is 1. The van der Waals surface area contributed by atoms with E-state index in [0.29, 0.717) is 19.6 Å². The maximum absolute atomic E-state index is 10.6. The summed E-state index contributed by atoms with van der Waals surface area (Å²) >= 11 is 0. The highest BCUT2D eigenvalue weighted by molar-refractivity contribution is 5.73. The van der Waals surface area contributed by atoms with Gasteiger partial charge in [0.25, 0.3) is 0 Å². The third-order valence-corrected chi connectivity index (χ3v) is 1.87. The Kier molecular flexibility index (Phi) is 4.90. The lowest BCUT2D eigenvalue weighted by atomic mass is 9.88. The molecule has 0 aliphatic heterocycles. The summed E-state index contributed by atoms with van der Waals surface area (Å²) in [6.07, 6.45) is 1.48. The van der Waals surface area contributed by atoms with Crippen LogP contribution in [0.15, 0.2) is 0 Å². The lowest BCUT2D eigenvalue weighted by Gasteiger charge is -2.18. The van der Waals surface area contributed by atoms with E-state index in [-0.39, 0.29) is 0 Å². The Morgan fingerprint density at radius 2 is 2.08 bits per heavy atom. The van der Waals surface area contributed by atoms with Crippen LogP contribution in [0.25, 0.3) is 0 Å². The standard InChI is InChI=1S/C9H18O3/c1-4-12-7-5-6-9(2,3)8(10)11/h4-7H2,1-3H3,(H,10,11). The van der Waals surface area contributed by atoms with E-state index in [1.165, 1.54) is 0 Å². The lowest BCUT2D eigenvalue weighted by Crippen LogP contribution is -2.23. The minimum absolute atomic E-state index is 0.614. The van der Waals surface area contributed by atoms with Gasteiger partial charge in [-0.2, -0.15) is 0 Å². The SMILES string of the molecule is CCOCCCC(C)(C)C(=O)O. The van der Waals surface area contributed by atoms with Crippen molar-refractivity contribution in [2.24, 2.45) is 5.41 Å². The summed E-state index contributed by atoms with van der Waals surface area (Å²) in [4.78, 5) is 10.6. The van der Waals surface area contributed by atoms with Crippen molar-refractivity contribution in [3.63, 3.8) is 0 Å². The third-order valence-electron chi connectivity index (χ3n) is 1.87. The largest absolute Gasteiger partial charge is 0.481 e. The van der Waals surface area contributed by atoms with Gasteiger partial charge in [0.15, 0.2) is 0 Å². The van der Waals surface area contributed by atoms with Crippen LogP contribution in [0.1, 0.15) is 33.6 Å². The second-order valence-electron chi connectivity index (χ2n) is 3.49. The third kappa shape index (κ3) is 4.34. The smallest absolute Gasteiger partial charge is 0.309 e. The van der Waals surface area contributed by atoms with Crippen molar-refractivity contribution in [1.29, 1.82) is 0 Å². The number of carboxylic acid groups (broad SMARTS) is 1. The molecule has 0 radical (unpaired) electrons. The normalized spacial score (nSPS) is 11.6. The molecule has 0 rings (SSSR count). The molecular weight excluding hydrogens is 156 g/mol. The molecule has 1 N–H and O–H groups in total. The highest BCUT2D eigenvalue weighted by Crippen LogP contribution is 2.21. The monoisotopic (exact) mass is 174 g/mol. The van der Waals surface area contributed by atoms with Gasteiger partial charge in [0, 0.05) is 13.2 Å². The van der Waals surface area contributed by atoms with Crippen molar-refractivity contribution in [2.45, 2.75) is 33.6 Å². The Morgan fingerprint density at radius 3 is 2.50 bits per heavy atom. The van der Waals surface area contributed by atoms with E-state index in [9.17, 15) is 4.79 Å². The van der Waals surface area contributed by atoms with Crippen LogP contribution in [-0.4, -0.2) is 24.3 Å². The van der Waals surface area contributed by atoms with Crippen molar-refractivity contribution < 1.29 is 14.6 Å². The molecule has 0 atom stereocenters. The van der Waals surface area contributed by atoms with Gasteiger partial charge >= 0.3 is 5.97 Å². The number of carbonyl (C=O) groups is 1. The molecule has 0 spiro atoms. The molecule has 72 valence electrons. The second-order valence-corrected chi connectivity index (χ2v) is 3.49. The molecule has 0 aromatic rings. The van der Waals surface area contributed by atoms with Crippen LogP contribution < -0.4 is 0 Å². The number of aliphatic carboxylic acids is 1. The number of ether oxygens (including phenoxy) is 1. The van der Waals surface area contributed by atoms with Crippen LogP contribution in [0.5, 0.6) is 0 Å². The van der Waals surface area contributed by atoms with E-state index < -0.39 is 11.4 Å². The Hall–Kier alpha value is -0.570. The van der Waals surface area contributed by atoms with Crippen LogP contribution in [0.3, 0.4) is 0 Å². The van der Waals surface area contributed by atoms with E-state index in [1.807, 2.05) is 6.92 Å². The Bertz CT molecular complexity index is 141. The molecule has 3 heteroatoms. The van der Waals surface area contributed by atoms with Gasteiger partial charge in [-0.15, -0.1) is 0 Å². The van der Waals surface area contributed by atoms with Crippen molar-refractivity contribution in [1.82, 2.24) is 0 Å². The molecule has 12 heavy (non-hydrogen) atoms. The minimum Gasteiger partial charge on any atom is -0.481 e. The topological polar surface area (TPSA) is 46.5 Å². The zero-order valence-corrected chi connectivity index (χ0v) is 8.09. The van der Waals surface area contributed by atoms with Gasteiger partial charge in [0.1, 0.15) is 0 Å². The van der Waals surface area contributed by atoms with Gasteiger partial charge in [-0.1, -0.05) is 0 Å². The number of hydrogen-bond acceptors (Lipinski definition) is 2. The molecule has 0 aliphatic rings. The molecule has 0 bridgehead atoms. The number of hydrogen-bond donors (Lipinski definition) is 1. The first kappa shape index (κ1) is 11.4. The summed E-state index contributed by atoms with van der Waals surface area (Å²) in [6.45, 7) is 6.77. The summed E-state index contributed by atoms with van der Waals surface area (Å²) < 4.78 is 5.12. The highest BCUT2D eigenvalue weighted by atomic mass is 16.5. The van der Waals surface area contributed by atoms with E-state index >= 15 is 0 Å². The van der Waals surface area contributed by atoms with Gasteiger partial charge in [-0.25, -0.2) is 0 Å². The molecule has 0 aromatic heterocycles. The first-order valence-electron chi connectivity index (χ1n) is 4.32. The zero-order chi connectivity index (χ0) is 9.61. The maximum atomic E-state index is 10.6. The van der Waals surface area contributed by atoms with Gasteiger partial charge in [0.2, 0.25) is 0 Å². The average Bonchev–Trinajstić information content (AvgIpc) is 1.98. The quantitative estimate of drug-likeness (QED) is 0.626. The van der Waals surface area contributed by atoms with E-state index in [1.54, 1.807) is 13.8 Å². The van der Waals surface area contributed by atoms with Crippen molar-refractivity contribution >= 4 is 5.97 Å². The second kappa shape index (κ2) is 5.14. The Labute approximate surface area is 73.7 Å². The molecule has 0 heterocycles. The summed E-state index contributed by atoms with van der Waals surface area (Å²) in [6, 6.07) is 0. The molecule has 0 aliphatic carbocycles. The average molecular weight is 174 g/mol. The van der Waals surface area contributed by atoms with E-state index in [0.717, 1.165) is 6.42 Å². The van der Waals surface area contributed by atoms with Crippen LogP contribution in [0.2, 0.25) is 0 Å². The fraction of sp³-hybridized carbons (Fsp3) is 0.889. The molecule has 3 nitrogen and oxygen atoms in total. The Balaban J connectivity index is 3.54. The maximum Gasteiger partial charge on any atom is 0.309 e. The molecule has 0 aromatic carbocycles. The summed E-state index contributed by atoms with van der Waals surface area (Å²) in [5, 5.41) is 8.76. The first-order valence-corrected chi connectivity index (χ1v) is 4.32. The predicted molar refractivity (Wildman–Crippen MR) is 47.1 cm³/mol. The van der Waals surface area contributed by atoms with Gasteiger partial charge in [-0.3, -0.25) is 4.79 Å². The Morgan fingerprint density at radius 1 is 1.50 bits per heavy atom. The molecule has 0 fully saturated rings. The predicted octanol–water partition coefficient (Wildman–Crippen LogP) is 1.91. The molecule has 0 amide bonds. The van der Waals surface area contributed by atoms with Crippen molar-refractivity contribution in [3.8, 4) is 0 Å². The molecule has 0 saturated carbocycles. The fourth-order valence-corrected chi connectivity index (χ4v) is 0.867. The lowest BCUT2D eigenvalue weighted by molar-refractivity contribution is -0.147.